The molecule has 0 saturated carbocycles. The number of hydrogen-bond donors (Lipinski definition) is 2. The molecule has 8 nitrogen and oxygen atoms in total. The average molecular weight is 562 g/mol. The summed E-state index contributed by atoms with van der Waals surface area (Å²) >= 11 is 0.932. The maximum Gasteiger partial charge on any atom is 0.214 e. The molecule has 1 aromatic heterocycles. The number of anilines is 2. The van der Waals surface area contributed by atoms with Crippen molar-refractivity contribution in [3.63, 3.8) is 0 Å². The molecule has 2 aliphatic heterocycles. The molecular formula is C26H29F2N5O3S2. The molecule has 38 heavy (non-hydrogen) atoms. The lowest BCUT2D eigenvalue weighted by Gasteiger charge is -2.31. The van der Waals surface area contributed by atoms with Crippen LogP contribution in [0.3, 0.4) is 0 Å². The number of aromatic nitrogens is 1. The number of fused-ring (bicyclic) bond motifs is 1. The number of piperidine rings is 1. The van der Waals surface area contributed by atoms with E-state index in [0.717, 1.165) is 43.1 Å². The molecule has 0 radical (unpaired) electrons. The zero-order chi connectivity index (χ0) is 26.9. The molecular weight excluding hydrogens is 532 g/mol. The normalized spacial score (nSPS) is 17.0. The highest BCUT2D eigenvalue weighted by Crippen LogP contribution is 2.31. The van der Waals surface area contributed by atoms with E-state index < -0.39 is 33.0 Å². The zero-order valence-electron chi connectivity index (χ0n) is 20.7. The van der Waals surface area contributed by atoms with Crippen molar-refractivity contribution < 1.29 is 22.0 Å². The minimum absolute atomic E-state index is 0.0439. The Morgan fingerprint density at radius 1 is 1.05 bits per heavy atom. The smallest absolute Gasteiger partial charge is 0.214 e. The van der Waals surface area contributed by atoms with Crippen LogP contribution in [0.4, 0.5) is 19.7 Å². The lowest BCUT2D eigenvalue weighted by Crippen LogP contribution is -2.43. The minimum Gasteiger partial charge on any atom is -0.382 e. The van der Waals surface area contributed by atoms with Gasteiger partial charge in [0.2, 0.25) is 15.8 Å². The van der Waals surface area contributed by atoms with Crippen LogP contribution in [0.1, 0.15) is 45.6 Å². The Kier molecular flexibility index (Phi) is 7.75. The molecule has 2 aliphatic rings. The quantitative estimate of drug-likeness (QED) is 0.382. The molecule has 0 amide bonds. The highest BCUT2D eigenvalue weighted by molar-refractivity contribution is 7.89. The number of nitrogens with two attached hydrogens (primary N) is 1. The number of carbonyl (C=O) groups is 1. The Balaban J connectivity index is 1.11. The summed E-state index contributed by atoms with van der Waals surface area (Å²) < 4.78 is 55.5. The van der Waals surface area contributed by atoms with Crippen LogP contribution < -0.4 is 11.1 Å². The third-order valence-electron chi connectivity index (χ3n) is 7.01. The van der Waals surface area contributed by atoms with Crippen molar-refractivity contribution in [2.75, 3.05) is 36.4 Å². The van der Waals surface area contributed by atoms with Crippen molar-refractivity contribution in [1.82, 2.24) is 14.2 Å². The third kappa shape index (κ3) is 5.73. The van der Waals surface area contributed by atoms with Gasteiger partial charge in [0.05, 0.1) is 11.3 Å². The molecule has 3 heterocycles. The van der Waals surface area contributed by atoms with Gasteiger partial charge in [-0.25, -0.2) is 26.5 Å². The molecule has 3 N–H and O–H groups in total. The summed E-state index contributed by atoms with van der Waals surface area (Å²) in [5.74, 6) is -2.78. The van der Waals surface area contributed by atoms with Gasteiger partial charge in [-0.05, 0) is 49.1 Å². The summed E-state index contributed by atoms with van der Waals surface area (Å²) in [6, 6.07) is 11.4. The number of carbonyl (C=O) groups excluding carboxylic acids is 1. The number of nitrogens with one attached hydrogen (secondary N) is 1. The standard InChI is InChI=1S/C26H29F2N5O3S2/c27-20-7-3-8-21(28)22(20)23(34)24-25(29)31-26(37-24)30-19-9-12-33(13-10-19)38(35,36)14-4-11-32-15-17-5-1-2-6-18(17)16-32/h1-3,5-8,19H,4,9-16,29H2,(H,30,31). The van der Waals surface area contributed by atoms with E-state index in [1.54, 1.807) is 0 Å². The maximum atomic E-state index is 14.1. The first-order valence-corrected chi connectivity index (χ1v) is 14.9. The van der Waals surface area contributed by atoms with Gasteiger partial charge in [-0.2, -0.15) is 0 Å². The number of hydrogen-bond acceptors (Lipinski definition) is 8. The highest BCUT2D eigenvalue weighted by atomic mass is 32.2. The number of ketones is 1. The minimum atomic E-state index is -3.36. The van der Waals surface area contributed by atoms with Crippen molar-refractivity contribution in [1.29, 1.82) is 0 Å². The van der Waals surface area contributed by atoms with E-state index in [4.69, 9.17) is 5.73 Å². The second kappa shape index (κ2) is 11.0. The lowest BCUT2D eigenvalue weighted by molar-refractivity contribution is 0.103. The van der Waals surface area contributed by atoms with Crippen LogP contribution in [-0.4, -0.2) is 59.8 Å². The van der Waals surface area contributed by atoms with E-state index in [-0.39, 0.29) is 22.5 Å². The Bertz CT molecular complexity index is 1390. The molecule has 202 valence electrons. The molecule has 3 aromatic rings. The zero-order valence-corrected chi connectivity index (χ0v) is 22.3. The van der Waals surface area contributed by atoms with E-state index in [1.165, 1.54) is 21.5 Å². The van der Waals surface area contributed by atoms with Crippen molar-refractivity contribution in [3.8, 4) is 0 Å². The molecule has 2 aromatic carbocycles. The molecule has 0 aliphatic carbocycles. The lowest BCUT2D eigenvalue weighted by atomic mass is 10.1. The summed E-state index contributed by atoms with van der Waals surface area (Å²) in [5.41, 5.74) is 7.83. The van der Waals surface area contributed by atoms with Crippen LogP contribution in [0.25, 0.3) is 0 Å². The predicted molar refractivity (Wildman–Crippen MR) is 143 cm³/mol. The second-order valence-corrected chi connectivity index (χ2v) is 12.7. The molecule has 5 rings (SSSR count). The van der Waals surface area contributed by atoms with Crippen molar-refractivity contribution in [2.45, 2.75) is 38.4 Å². The Morgan fingerprint density at radius 3 is 2.32 bits per heavy atom. The van der Waals surface area contributed by atoms with Gasteiger partial charge in [-0.15, -0.1) is 0 Å². The Morgan fingerprint density at radius 2 is 1.68 bits per heavy atom. The monoisotopic (exact) mass is 561 g/mol. The molecule has 0 unspecified atom stereocenters. The number of benzene rings is 2. The van der Waals surface area contributed by atoms with E-state index in [9.17, 15) is 22.0 Å². The van der Waals surface area contributed by atoms with Gasteiger partial charge < -0.3 is 11.1 Å². The van der Waals surface area contributed by atoms with Crippen LogP contribution >= 0.6 is 11.3 Å². The van der Waals surface area contributed by atoms with Gasteiger partial charge in [-0.3, -0.25) is 9.69 Å². The van der Waals surface area contributed by atoms with Crippen LogP contribution in [0.15, 0.2) is 42.5 Å². The van der Waals surface area contributed by atoms with Gasteiger partial charge in [0.25, 0.3) is 0 Å². The van der Waals surface area contributed by atoms with E-state index in [1.807, 2.05) is 12.1 Å². The van der Waals surface area contributed by atoms with Gasteiger partial charge in [0.15, 0.2) is 5.13 Å². The number of thiazole rings is 1. The van der Waals surface area contributed by atoms with Crippen LogP contribution in [0, 0.1) is 11.6 Å². The van der Waals surface area contributed by atoms with Crippen LogP contribution in [0.2, 0.25) is 0 Å². The molecule has 1 fully saturated rings. The second-order valence-electron chi connectivity index (χ2n) is 9.63. The average Bonchev–Trinajstić information content (AvgIpc) is 3.46. The maximum absolute atomic E-state index is 14.1. The van der Waals surface area contributed by atoms with Gasteiger partial charge >= 0.3 is 0 Å². The number of sulfonamides is 1. The molecule has 0 spiro atoms. The number of rotatable bonds is 9. The first-order valence-electron chi connectivity index (χ1n) is 12.5. The van der Waals surface area contributed by atoms with Gasteiger partial charge in [0.1, 0.15) is 22.3 Å². The SMILES string of the molecule is Nc1nc(NC2CCN(S(=O)(=O)CCCN3Cc4ccccc4C3)CC2)sc1C(=O)c1c(F)cccc1F. The molecule has 1 saturated heterocycles. The first-order chi connectivity index (χ1) is 18.2. The topological polar surface area (TPSA) is 109 Å². The van der Waals surface area contributed by atoms with Gasteiger partial charge in [0, 0.05) is 32.2 Å². The fourth-order valence-electron chi connectivity index (χ4n) is 5.00. The molecule has 12 heteroatoms. The van der Waals surface area contributed by atoms with E-state index in [0.29, 0.717) is 37.5 Å². The van der Waals surface area contributed by atoms with Crippen LogP contribution in [-0.2, 0) is 23.1 Å². The first kappa shape index (κ1) is 26.7. The van der Waals surface area contributed by atoms with Gasteiger partial charge in [-0.1, -0.05) is 41.7 Å². The van der Waals surface area contributed by atoms with Crippen LogP contribution in [0.5, 0.6) is 0 Å². The van der Waals surface area contributed by atoms with Crippen molar-refractivity contribution >= 4 is 38.1 Å². The largest absolute Gasteiger partial charge is 0.382 e. The molecule has 0 atom stereocenters. The summed E-state index contributed by atoms with van der Waals surface area (Å²) in [6.45, 7) is 3.20. The summed E-state index contributed by atoms with van der Waals surface area (Å²) in [7, 11) is -3.36. The fourth-order valence-corrected chi connectivity index (χ4v) is 7.43. The molecule has 0 bridgehead atoms. The summed E-state index contributed by atoms with van der Waals surface area (Å²) in [6.07, 6.45) is 1.70. The number of nitrogens with zero attached hydrogens (tertiary/aromatic N) is 3. The Hall–Kier alpha value is -2.93. The third-order valence-corrected chi connectivity index (χ3v) is 9.96. The summed E-state index contributed by atoms with van der Waals surface area (Å²) in [5, 5.41) is 3.56. The number of halogens is 2. The highest BCUT2D eigenvalue weighted by Gasteiger charge is 2.30. The fraction of sp³-hybridized carbons (Fsp3) is 0.385. The van der Waals surface area contributed by atoms with E-state index >= 15 is 0 Å². The summed E-state index contributed by atoms with van der Waals surface area (Å²) in [4.78, 5) is 19.1. The van der Waals surface area contributed by atoms with Crippen molar-refractivity contribution in [3.05, 3.63) is 75.7 Å². The van der Waals surface area contributed by atoms with Crippen molar-refractivity contribution in [2.24, 2.45) is 0 Å². The Labute approximate surface area is 224 Å². The predicted octanol–water partition coefficient (Wildman–Crippen LogP) is 3.85. The number of nitrogen functional groups attached to an aromatic ring is 1. The van der Waals surface area contributed by atoms with E-state index in [2.05, 4.69) is 27.3 Å².